The first-order valence-corrected chi connectivity index (χ1v) is 10.4. The zero-order chi connectivity index (χ0) is 21.6. The molecule has 0 radical (unpaired) electrons. The molecule has 8 nitrogen and oxygen atoms in total. The number of esters is 1. The summed E-state index contributed by atoms with van der Waals surface area (Å²) in [5.41, 5.74) is 0.973. The molecule has 0 heterocycles. The highest BCUT2D eigenvalue weighted by Gasteiger charge is 2.18. The SMILES string of the molecule is CCOC(=O)c1ccc(NC(=O)c2ccc(S(=O)(=O)N(C)C)cc2)c(OCC)c1. The molecule has 2 aromatic carbocycles. The minimum atomic E-state index is -3.57. The molecule has 1 N–H and O–H groups in total. The Balaban J connectivity index is 2.24. The van der Waals surface area contributed by atoms with Gasteiger partial charge in [-0.15, -0.1) is 0 Å². The zero-order valence-corrected chi connectivity index (χ0v) is 17.6. The number of benzene rings is 2. The Morgan fingerprint density at radius 3 is 2.14 bits per heavy atom. The number of nitrogens with one attached hydrogen (secondary N) is 1. The highest BCUT2D eigenvalue weighted by molar-refractivity contribution is 7.89. The minimum absolute atomic E-state index is 0.0906. The molecule has 29 heavy (non-hydrogen) atoms. The Kier molecular flexibility index (Phi) is 7.35. The van der Waals surface area contributed by atoms with Crippen LogP contribution in [0.15, 0.2) is 47.4 Å². The number of hydrogen-bond donors (Lipinski definition) is 1. The first kappa shape index (κ1) is 22.4. The predicted octanol–water partition coefficient (Wildman–Crippen LogP) is 2.76. The van der Waals surface area contributed by atoms with Crippen molar-refractivity contribution in [2.24, 2.45) is 0 Å². The number of carbonyl (C=O) groups excluding carboxylic acids is 2. The summed E-state index contributed by atoms with van der Waals surface area (Å²) in [6.07, 6.45) is 0. The summed E-state index contributed by atoms with van der Waals surface area (Å²) in [5.74, 6) is -0.592. The van der Waals surface area contributed by atoms with E-state index in [4.69, 9.17) is 9.47 Å². The van der Waals surface area contributed by atoms with E-state index >= 15 is 0 Å². The Morgan fingerprint density at radius 1 is 0.966 bits per heavy atom. The van der Waals surface area contributed by atoms with Crippen LogP contribution in [0.1, 0.15) is 34.6 Å². The van der Waals surface area contributed by atoms with Crippen LogP contribution in [0.2, 0.25) is 0 Å². The van der Waals surface area contributed by atoms with Crippen molar-refractivity contribution in [2.75, 3.05) is 32.6 Å². The van der Waals surface area contributed by atoms with E-state index in [0.717, 1.165) is 4.31 Å². The van der Waals surface area contributed by atoms with Gasteiger partial charge in [-0.1, -0.05) is 0 Å². The van der Waals surface area contributed by atoms with Crippen LogP contribution in [0.25, 0.3) is 0 Å². The third kappa shape index (κ3) is 5.33. The number of carbonyl (C=O) groups is 2. The van der Waals surface area contributed by atoms with Crippen molar-refractivity contribution in [1.29, 1.82) is 0 Å². The van der Waals surface area contributed by atoms with Gasteiger partial charge in [-0.2, -0.15) is 0 Å². The summed E-state index contributed by atoms with van der Waals surface area (Å²) in [6.45, 7) is 4.09. The molecule has 0 bridgehead atoms. The first-order chi connectivity index (χ1) is 13.7. The second-order valence-electron chi connectivity index (χ2n) is 6.13. The summed E-state index contributed by atoms with van der Waals surface area (Å²) in [5, 5.41) is 2.71. The average molecular weight is 420 g/mol. The summed E-state index contributed by atoms with van der Waals surface area (Å²) in [7, 11) is -0.701. The van der Waals surface area contributed by atoms with Crippen molar-refractivity contribution in [3.8, 4) is 5.75 Å². The molecule has 9 heteroatoms. The topological polar surface area (TPSA) is 102 Å². The minimum Gasteiger partial charge on any atom is -0.492 e. The first-order valence-electron chi connectivity index (χ1n) is 8.98. The van der Waals surface area contributed by atoms with E-state index in [1.807, 2.05) is 0 Å². The molecule has 0 unspecified atom stereocenters. The number of hydrogen-bond acceptors (Lipinski definition) is 6. The lowest BCUT2D eigenvalue weighted by Gasteiger charge is -2.14. The number of sulfonamides is 1. The highest BCUT2D eigenvalue weighted by atomic mass is 32.2. The predicted molar refractivity (Wildman–Crippen MR) is 109 cm³/mol. The molecule has 0 aromatic heterocycles. The van der Waals surface area contributed by atoms with Gasteiger partial charge in [-0.05, 0) is 56.3 Å². The van der Waals surface area contributed by atoms with Gasteiger partial charge < -0.3 is 14.8 Å². The lowest BCUT2D eigenvalue weighted by Crippen LogP contribution is -2.22. The zero-order valence-electron chi connectivity index (χ0n) is 16.8. The molecule has 2 aromatic rings. The maximum absolute atomic E-state index is 12.6. The van der Waals surface area contributed by atoms with Crippen LogP contribution in [0, 0.1) is 0 Å². The van der Waals surface area contributed by atoms with Gasteiger partial charge in [0, 0.05) is 19.7 Å². The molecule has 0 aliphatic heterocycles. The molecular weight excluding hydrogens is 396 g/mol. The largest absolute Gasteiger partial charge is 0.492 e. The number of ether oxygens (including phenoxy) is 2. The van der Waals surface area contributed by atoms with Crippen molar-refractivity contribution >= 4 is 27.6 Å². The fourth-order valence-corrected chi connectivity index (χ4v) is 3.33. The summed E-state index contributed by atoms with van der Waals surface area (Å²) < 4.78 is 35.8. The second kappa shape index (κ2) is 9.53. The van der Waals surface area contributed by atoms with Crippen LogP contribution >= 0.6 is 0 Å². The van der Waals surface area contributed by atoms with Crippen LogP contribution in [0.5, 0.6) is 5.75 Å². The maximum Gasteiger partial charge on any atom is 0.338 e. The van der Waals surface area contributed by atoms with Gasteiger partial charge in [0.15, 0.2) is 0 Å². The molecule has 2 rings (SSSR count). The van der Waals surface area contributed by atoms with E-state index in [1.54, 1.807) is 19.9 Å². The van der Waals surface area contributed by atoms with E-state index in [1.165, 1.54) is 50.5 Å². The lowest BCUT2D eigenvalue weighted by atomic mass is 10.1. The molecular formula is C20H24N2O6S. The van der Waals surface area contributed by atoms with E-state index in [-0.39, 0.29) is 17.1 Å². The van der Waals surface area contributed by atoms with E-state index in [2.05, 4.69) is 5.32 Å². The summed E-state index contributed by atoms with van der Waals surface area (Å²) in [4.78, 5) is 24.6. The standard InChI is InChI=1S/C20H24N2O6S/c1-5-27-18-13-15(20(24)28-6-2)9-12-17(18)21-19(23)14-7-10-16(11-8-14)29(25,26)22(3)4/h7-13H,5-6H2,1-4H3,(H,21,23). The van der Waals surface area contributed by atoms with Gasteiger partial charge in [0.05, 0.1) is 29.4 Å². The molecule has 0 saturated heterocycles. The quantitative estimate of drug-likeness (QED) is 0.659. The lowest BCUT2D eigenvalue weighted by molar-refractivity contribution is 0.0526. The molecule has 0 aliphatic rings. The van der Waals surface area contributed by atoms with Crippen molar-refractivity contribution in [2.45, 2.75) is 18.7 Å². The van der Waals surface area contributed by atoms with E-state index in [9.17, 15) is 18.0 Å². The van der Waals surface area contributed by atoms with Crippen LogP contribution in [-0.2, 0) is 14.8 Å². The molecule has 0 aliphatic carbocycles. The fraction of sp³-hybridized carbons (Fsp3) is 0.300. The van der Waals surface area contributed by atoms with Gasteiger partial charge in [-0.25, -0.2) is 17.5 Å². The maximum atomic E-state index is 12.6. The smallest absolute Gasteiger partial charge is 0.338 e. The van der Waals surface area contributed by atoms with Crippen molar-refractivity contribution in [3.63, 3.8) is 0 Å². The van der Waals surface area contributed by atoms with E-state index in [0.29, 0.717) is 23.6 Å². The molecule has 0 saturated carbocycles. The van der Waals surface area contributed by atoms with Gasteiger partial charge in [-0.3, -0.25) is 4.79 Å². The molecule has 156 valence electrons. The average Bonchev–Trinajstić information content (AvgIpc) is 2.69. The Labute approximate surface area is 170 Å². The summed E-state index contributed by atoms with van der Waals surface area (Å²) in [6, 6.07) is 10.2. The van der Waals surface area contributed by atoms with Crippen molar-refractivity contribution in [1.82, 2.24) is 4.31 Å². The summed E-state index contributed by atoms with van der Waals surface area (Å²) >= 11 is 0. The number of amides is 1. The van der Waals surface area contributed by atoms with Gasteiger partial charge in [0.1, 0.15) is 5.75 Å². The molecule has 0 spiro atoms. The van der Waals surface area contributed by atoms with Crippen molar-refractivity contribution < 1.29 is 27.5 Å². The number of nitrogens with zero attached hydrogens (tertiary/aromatic N) is 1. The normalized spacial score (nSPS) is 11.2. The number of rotatable bonds is 8. The Morgan fingerprint density at radius 2 is 1.59 bits per heavy atom. The second-order valence-corrected chi connectivity index (χ2v) is 8.28. The Hall–Kier alpha value is -2.91. The molecule has 1 amide bonds. The van der Waals surface area contributed by atoms with Gasteiger partial charge in [0.2, 0.25) is 10.0 Å². The third-order valence-electron chi connectivity index (χ3n) is 3.94. The van der Waals surface area contributed by atoms with Crippen LogP contribution in [0.4, 0.5) is 5.69 Å². The molecule has 0 fully saturated rings. The third-order valence-corrected chi connectivity index (χ3v) is 5.77. The van der Waals surface area contributed by atoms with Crippen LogP contribution < -0.4 is 10.1 Å². The molecule has 0 atom stereocenters. The van der Waals surface area contributed by atoms with Crippen molar-refractivity contribution in [3.05, 3.63) is 53.6 Å². The Bertz CT molecular complexity index is 985. The van der Waals surface area contributed by atoms with Crippen LogP contribution in [-0.4, -0.2) is 51.9 Å². The fourth-order valence-electron chi connectivity index (χ4n) is 2.43. The van der Waals surface area contributed by atoms with Crippen LogP contribution in [0.3, 0.4) is 0 Å². The number of anilines is 1. The highest BCUT2D eigenvalue weighted by Crippen LogP contribution is 2.27. The monoisotopic (exact) mass is 420 g/mol. The van der Waals surface area contributed by atoms with Gasteiger partial charge in [0.25, 0.3) is 5.91 Å². The van der Waals surface area contributed by atoms with Gasteiger partial charge >= 0.3 is 5.97 Å². The van der Waals surface area contributed by atoms with E-state index < -0.39 is 21.9 Å².